The van der Waals surface area contributed by atoms with Crippen molar-refractivity contribution in [2.75, 3.05) is 33.5 Å². The van der Waals surface area contributed by atoms with Crippen molar-refractivity contribution in [3.63, 3.8) is 0 Å². The largest absolute Gasteiger partial charge is 0.462 e. The molecule has 0 aliphatic carbocycles. The van der Waals surface area contributed by atoms with Crippen molar-refractivity contribution in [3.05, 3.63) is 10.4 Å². The van der Waals surface area contributed by atoms with Gasteiger partial charge < -0.3 is 38.5 Å². The Kier molecular flexibility index (Phi) is 18.6. The minimum atomic E-state index is -1.21. The third kappa shape index (κ3) is 13.6. The predicted octanol–water partition coefficient (Wildman–Crippen LogP) is 2.34. The van der Waals surface area contributed by atoms with E-state index < -0.39 is 66.7 Å². The van der Waals surface area contributed by atoms with Gasteiger partial charge in [-0.2, -0.15) is 0 Å². The molecule has 1 aliphatic rings. The minimum Gasteiger partial charge on any atom is -0.462 e. The lowest BCUT2D eigenvalue weighted by molar-refractivity contribution is -0.278. The molecule has 0 bridgehead atoms. The van der Waals surface area contributed by atoms with Crippen molar-refractivity contribution in [2.24, 2.45) is 5.11 Å². The smallest absolute Gasteiger partial charge is 0.310 e. The number of nitrogens with zero attached hydrogens (tertiary/aromatic N) is 3. The van der Waals surface area contributed by atoms with Gasteiger partial charge in [0.25, 0.3) is 0 Å². The van der Waals surface area contributed by atoms with Crippen LogP contribution in [0, 0.1) is 12.3 Å². The van der Waals surface area contributed by atoms with Crippen LogP contribution in [0.25, 0.3) is 10.4 Å². The van der Waals surface area contributed by atoms with E-state index in [0.29, 0.717) is 12.8 Å². The molecule has 0 aromatic heterocycles. The molecule has 43 heavy (non-hydrogen) atoms. The fourth-order valence-corrected chi connectivity index (χ4v) is 4.16. The van der Waals surface area contributed by atoms with E-state index in [1.165, 1.54) is 7.11 Å². The molecule has 1 aliphatic heterocycles. The maximum atomic E-state index is 13.2. The summed E-state index contributed by atoms with van der Waals surface area (Å²) in [4.78, 5) is 52.7. The van der Waals surface area contributed by atoms with E-state index in [1.807, 2.05) is 0 Å². The summed E-state index contributed by atoms with van der Waals surface area (Å²) in [5, 5.41) is 6.23. The van der Waals surface area contributed by atoms with Gasteiger partial charge >= 0.3 is 17.9 Å². The number of rotatable bonds is 20. The molecular weight excluding hydrogens is 568 g/mol. The molecule has 0 aromatic rings. The standard InChI is InChI=1S/C28H44N4O11/c1-7-13-38-17-20-26(37-6)27(43-24(36)16-19(9-3)41-23(35)11-5)25(28(42-20)39-14-12-30-32-29)31-21(33)15-18(8-2)40-22(34)10-4/h1,18-20,25-28H,8-17H2,2-6H3,(H,31,33)/t18-,19-,20?,25?,26-,27?,28-/m1/s1. The number of nitrogens with one attached hydrogen (secondary N) is 1. The van der Waals surface area contributed by atoms with Crippen molar-refractivity contribution < 1.29 is 52.3 Å². The van der Waals surface area contributed by atoms with E-state index >= 15 is 0 Å². The summed E-state index contributed by atoms with van der Waals surface area (Å²) in [6, 6.07) is -1.12. The monoisotopic (exact) mass is 612 g/mol. The Bertz CT molecular complexity index is 982. The number of methoxy groups -OCH3 is 1. The Morgan fingerprint density at radius 1 is 1.00 bits per heavy atom. The Balaban J connectivity index is 3.35. The zero-order valence-electron chi connectivity index (χ0n) is 25.5. The average Bonchev–Trinajstić information content (AvgIpc) is 2.99. The normalized spacial score (nSPS) is 22.7. The molecular formula is C28H44N4O11. The molecule has 1 rings (SSSR count). The van der Waals surface area contributed by atoms with Crippen molar-refractivity contribution in [1.82, 2.24) is 5.32 Å². The van der Waals surface area contributed by atoms with Crippen LogP contribution in [0.3, 0.4) is 0 Å². The molecule has 0 spiro atoms. The molecule has 1 fully saturated rings. The zero-order valence-corrected chi connectivity index (χ0v) is 25.5. The number of hydrogen-bond donors (Lipinski definition) is 1. The Morgan fingerprint density at radius 3 is 2.16 bits per heavy atom. The molecule has 0 radical (unpaired) electrons. The van der Waals surface area contributed by atoms with Crippen LogP contribution in [-0.4, -0.2) is 100 Å². The summed E-state index contributed by atoms with van der Waals surface area (Å²) in [6.45, 7) is 6.60. The van der Waals surface area contributed by atoms with Gasteiger partial charge in [-0.3, -0.25) is 19.2 Å². The summed E-state index contributed by atoms with van der Waals surface area (Å²) in [6.07, 6.45) is 0.313. The second-order valence-corrected chi connectivity index (χ2v) is 9.49. The van der Waals surface area contributed by atoms with Crippen LogP contribution < -0.4 is 5.32 Å². The lowest BCUT2D eigenvalue weighted by atomic mass is 9.95. The zero-order chi connectivity index (χ0) is 32.2. The highest BCUT2D eigenvalue weighted by Gasteiger charge is 2.50. The molecule has 242 valence electrons. The highest BCUT2D eigenvalue weighted by Crippen LogP contribution is 2.28. The van der Waals surface area contributed by atoms with E-state index in [-0.39, 0.29) is 52.0 Å². The number of azide groups is 1. The van der Waals surface area contributed by atoms with Crippen molar-refractivity contribution in [2.45, 2.75) is 109 Å². The van der Waals surface area contributed by atoms with Crippen LogP contribution >= 0.6 is 0 Å². The second-order valence-electron chi connectivity index (χ2n) is 9.49. The van der Waals surface area contributed by atoms with E-state index in [0.717, 1.165) is 0 Å². The number of esters is 3. The first-order valence-corrected chi connectivity index (χ1v) is 14.4. The van der Waals surface area contributed by atoms with Gasteiger partial charge in [-0.15, -0.1) is 6.42 Å². The first-order valence-electron chi connectivity index (χ1n) is 14.4. The van der Waals surface area contributed by atoms with Gasteiger partial charge in [-0.05, 0) is 18.4 Å². The van der Waals surface area contributed by atoms with Crippen LogP contribution in [0.1, 0.15) is 66.2 Å². The topological polar surface area (TPSA) is 194 Å². The van der Waals surface area contributed by atoms with Gasteiger partial charge in [-0.25, -0.2) is 0 Å². The fourth-order valence-electron chi connectivity index (χ4n) is 4.16. The third-order valence-corrected chi connectivity index (χ3v) is 6.41. The van der Waals surface area contributed by atoms with E-state index in [9.17, 15) is 19.2 Å². The Hall–Kier alpha value is -3.41. The molecule has 15 nitrogen and oxygen atoms in total. The Labute approximate surface area is 252 Å². The molecule has 1 amide bonds. The van der Waals surface area contributed by atoms with Gasteiger partial charge in [0, 0.05) is 31.4 Å². The third-order valence-electron chi connectivity index (χ3n) is 6.41. The number of amides is 1. The van der Waals surface area contributed by atoms with Crippen LogP contribution in [0.5, 0.6) is 0 Å². The SMILES string of the molecule is C#CCOCC1O[C@@H](OCCN=[N+]=[N-])C(NC(=O)C[C@@H](CC)OC(=O)CC)C(OC(=O)C[C@@H](CC)OC(=O)CC)[C@@H]1OC. The molecule has 3 unspecified atom stereocenters. The van der Waals surface area contributed by atoms with Crippen LogP contribution in [0.4, 0.5) is 0 Å². The lowest BCUT2D eigenvalue weighted by Crippen LogP contribution is -2.66. The fraction of sp³-hybridized carbons (Fsp3) is 0.786. The molecule has 0 aromatic carbocycles. The van der Waals surface area contributed by atoms with Gasteiger partial charge in [-0.1, -0.05) is 38.7 Å². The highest BCUT2D eigenvalue weighted by molar-refractivity contribution is 5.78. The van der Waals surface area contributed by atoms with Crippen molar-refractivity contribution >= 4 is 23.8 Å². The second kappa shape index (κ2) is 21.3. The number of ether oxygens (including phenoxy) is 7. The maximum absolute atomic E-state index is 13.2. The first kappa shape index (κ1) is 37.6. The van der Waals surface area contributed by atoms with E-state index in [1.54, 1.807) is 27.7 Å². The first-order chi connectivity index (χ1) is 20.7. The molecule has 7 atom stereocenters. The van der Waals surface area contributed by atoms with Crippen LogP contribution in [-0.2, 0) is 52.3 Å². The number of carbonyl (C=O) groups excluding carboxylic acids is 4. The minimum absolute atomic E-state index is 0.0286. The van der Waals surface area contributed by atoms with E-state index in [4.69, 9.17) is 45.1 Å². The van der Waals surface area contributed by atoms with Crippen LogP contribution in [0.15, 0.2) is 5.11 Å². The number of carbonyl (C=O) groups is 4. The summed E-state index contributed by atoms with van der Waals surface area (Å²) < 4.78 is 39.6. The van der Waals surface area contributed by atoms with Gasteiger partial charge in [0.2, 0.25) is 5.91 Å². The molecule has 1 saturated heterocycles. The lowest BCUT2D eigenvalue weighted by Gasteiger charge is -2.45. The summed E-state index contributed by atoms with van der Waals surface area (Å²) >= 11 is 0. The van der Waals surface area contributed by atoms with E-state index in [2.05, 4.69) is 21.3 Å². The summed E-state index contributed by atoms with van der Waals surface area (Å²) in [7, 11) is 1.37. The predicted molar refractivity (Wildman–Crippen MR) is 151 cm³/mol. The molecule has 1 heterocycles. The molecule has 0 saturated carbocycles. The summed E-state index contributed by atoms with van der Waals surface area (Å²) in [5.41, 5.74) is 8.64. The quantitative estimate of drug-likeness (QED) is 0.0403. The van der Waals surface area contributed by atoms with Crippen molar-refractivity contribution in [3.8, 4) is 12.3 Å². The van der Waals surface area contributed by atoms with Gasteiger partial charge in [0.1, 0.15) is 37.1 Å². The number of terminal acetylenes is 1. The maximum Gasteiger partial charge on any atom is 0.310 e. The van der Waals surface area contributed by atoms with Crippen LogP contribution in [0.2, 0.25) is 0 Å². The average molecular weight is 613 g/mol. The molecule has 1 N–H and O–H groups in total. The molecule has 15 heteroatoms. The summed E-state index contributed by atoms with van der Waals surface area (Å²) in [5.74, 6) is 0.191. The van der Waals surface area contributed by atoms with Gasteiger partial charge in [0.15, 0.2) is 12.4 Å². The highest BCUT2D eigenvalue weighted by atomic mass is 16.7. The van der Waals surface area contributed by atoms with Gasteiger partial charge in [0.05, 0.1) is 26.1 Å². The Morgan fingerprint density at radius 2 is 1.63 bits per heavy atom. The number of hydrogen-bond acceptors (Lipinski definition) is 12. The van der Waals surface area contributed by atoms with Crippen molar-refractivity contribution in [1.29, 1.82) is 0 Å².